The fourth-order valence-electron chi connectivity index (χ4n) is 2.27. The Morgan fingerprint density at radius 3 is 2.44 bits per heavy atom. The molecule has 1 aliphatic rings. The van der Waals surface area contributed by atoms with Crippen LogP contribution in [-0.4, -0.2) is 49.0 Å². The monoisotopic (exact) mass is 401 g/mol. The van der Waals surface area contributed by atoms with Crippen LogP contribution >= 0.6 is 11.6 Å². The summed E-state index contributed by atoms with van der Waals surface area (Å²) in [6.07, 6.45) is -0.486. The first kappa shape index (κ1) is 25.5. The fraction of sp³-hybridized carbons (Fsp3) is 0.667. The first-order chi connectivity index (χ1) is 12.7. The molecule has 0 aromatic heterocycles. The van der Waals surface area contributed by atoms with Crippen molar-refractivity contribution in [3.8, 4) is 5.75 Å². The first-order valence-corrected chi connectivity index (χ1v) is 10.1. The molecule has 0 radical (unpaired) electrons. The van der Waals surface area contributed by atoms with Crippen molar-refractivity contribution < 1.29 is 19.0 Å². The molecule has 1 aromatic rings. The molecule has 1 heterocycles. The lowest BCUT2D eigenvalue weighted by atomic mass is 10.2. The van der Waals surface area contributed by atoms with Gasteiger partial charge in [-0.3, -0.25) is 0 Å². The normalized spacial score (nSPS) is 16.3. The number of rotatable bonds is 3. The predicted octanol–water partition coefficient (Wildman–Crippen LogP) is 5.72. The molecular formula is C21H36ClNO4. The van der Waals surface area contributed by atoms with E-state index in [9.17, 15) is 4.79 Å². The Morgan fingerprint density at radius 2 is 1.89 bits per heavy atom. The van der Waals surface area contributed by atoms with Gasteiger partial charge in [-0.2, -0.15) is 0 Å². The van der Waals surface area contributed by atoms with Crippen LogP contribution < -0.4 is 4.74 Å². The van der Waals surface area contributed by atoms with E-state index in [4.69, 9.17) is 25.8 Å². The number of halogens is 1. The third-order valence-corrected chi connectivity index (χ3v) is 3.59. The second-order valence-corrected chi connectivity index (χ2v) is 7.08. The van der Waals surface area contributed by atoms with Crippen LogP contribution in [0.2, 0.25) is 5.02 Å². The molecule has 1 aliphatic heterocycles. The highest BCUT2D eigenvalue weighted by molar-refractivity contribution is 6.30. The van der Waals surface area contributed by atoms with Crippen molar-refractivity contribution in [3.05, 3.63) is 28.8 Å². The highest BCUT2D eigenvalue weighted by Gasteiger charge is 2.28. The van der Waals surface area contributed by atoms with Gasteiger partial charge >= 0.3 is 6.09 Å². The zero-order valence-corrected chi connectivity index (χ0v) is 18.9. The number of ether oxygens (including phenoxy) is 3. The molecule has 1 fully saturated rings. The summed E-state index contributed by atoms with van der Waals surface area (Å²) < 4.78 is 16.9. The molecular weight excluding hydrogens is 366 g/mol. The molecule has 0 spiro atoms. The molecule has 1 unspecified atom stereocenters. The summed E-state index contributed by atoms with van der Waals surface area (Å²) in [7, 11) is 0. The second kappa shape index (κ2) is 12.8. The van der Waals surface area contributed by atoms with Gasteiger partial charge in [0.25, 0.3) is 0 Å². The average Bonchev–Trinajstić information content (AvgIpc) is 2.63. The molecule has 2 rings (SSSR count). The number of amides is 1. The van der Waals surface area contributed by atoms with E-state index in [2.05, 4.69) is 0 Å². The number of benzene rings is 1. The molecule has 0 N–H and O–H groups in total. The minimum atomic E-state index is -0.498. The average molecular weight is 402 g/mol. The number of aryl methyl sites for hydroxylation is 1. The number of nitrogens with zero attached hydrogens (tertiary/aromatic N) is 1. The zero-order chi connectivity index (χ0) is 21.0. The Labute approximate surface area is 169 Å². The molecule has 0 bridgehead atoms. The van der Waals surface area contributed by atoms with Gasteiger partial charge in [0, 0.05) is 11.6 Å². The van der Waals surface area contributed by atoms with E-state index < -0.39 is 5.60 Å². The van der Waals surface area contributed by atoms with E-state index in [1.165, 1.54) is 0 Å². The van der Waals surface area contributed by atoms with Gasteiger partial charge in [-0.05, 0) is 51.5 Å². The maximum Gasteiger partial charge on any atom is 0.410 e. The van der Waals surface area contributed by atoms with Crippen molar-refractivity contribution in [3.63, 3.8) is 0 Å². The third kappa shape index (κ3) is 9.87. The molecule has 156 valence electrons. The van der Waals surface area contributed by atoms with Crippen molar-refractivity contribution in [2.24, 2.45) is 0 Å². The lowest BCUT2D eigenvalue weighted by Crippen LogP contribution is -2.49. The van der Waals surface area contributed by atoms with Crippen LogP contribution in [0.25, 0.3) is 0 Å². The molecule has 27 heavy (non-hydrogen) atoms. The summed E-state index contributed by atoms with van der Waals surface area (Å²) in [5.74, 6) is 0.771. The fourth-order valence-corrected chi connectivity index (χ4v) is 2.50. The number of morpholine rings is 1. The summed E-state index contributed by atoms with van der Waals surface area (Å²) in [4.78, 5) is 13.8. The molecule has 0 aliphatic carbocycles. The predicted molar refractivity (Wildman–Crippen MR) is 112 cm³/mol. The quantitative estimate of drug-likeness (QED) is 0.650. The van der Waals surface area contributed by atoms with Crippen molar-refractivity contribution in [1.29, 1.82) is 0 Å². The summed E-state index contributed by atoms with van der Waals surface area (Å²) in [6.45, 7) is 17.4. The van der Waals surface area contributed by atoms with Gasteiger partial charge in [0.05, 0.1) is 13.2 Å². The van der Waals surface area contributed by atoms with Gasteiger partial charge in [0.1, 0.15) is 24.1 Å². The van der Waals surface area contributed by atoms with Gasteiger partial charge in [-0.25, -0.2) is 4.79 Å². The Balaban J connectivity index is 0.00000158. The van der Waals surface area contributed by atoms with E-state index >= 15 is 0 Å². The number of hydrogen-bond acceptors (Lipinski definition) is 4. The summed E-state index contributed by atoms with van der Waals surface area (Å²) in [5, 5.41) is 0.680. The largest absolute Gasteiger partial charge is 0.491 e. The molecule has 0 saturated carbocycles. The van der Waals surface area contributed by atoms with Crippen LogP contribution in [0.1, 0.15) is 54.0 Å². The summed E-state index contributed by atoms with van der Waals surface area (Å²) >= 11 is 5.93. The number of carbonyl (C=O) groups excluding carboxylic acids is 1. The minimum Gasteiger partial charge on any atom is -0.491 e. The van der Waals surface area contributed by atoms with E-state index in [1.807, 2.05) is 67.5 Å². The van der Waals surface area contributed by atoms with E-state index in [-0.39, 0.29) is 12.2 Å². The van der Waals surface area contributed by atoms with Gasteiger partial charge in [0.2, 0.25) is 0 Å². The second-order valence-electron chi connectivity index (χ2n) is 6.64. The highest BCUT2D eigenvalue weighted by atomic mass is 35.5. The van der Waals surface area contributed by atoms with Crippen LogP contribution in [0.5, 0.6) is 5.75 Å². The Morgan fingerprint density at radius 1 is 1.26 bits per heavy atom. The van der Waals surface area contributed by atoms with Crippen LogP contribution in [0, 0.1) is 6.92 Å². The molecule has 1 atom stereocenters. The SMILES string of the molecule is CC.CC.Cc1cc(Cl)ccc1OCC1CN(C(=O)OC(C)(C)C)CCO1. The standard InChI is InChI=1S/C17H24ClNO4.2C2H6/c1-12-9-13(18)5-6-15(12)22-11-14-10-19(7-8-21-14)16(20)23-17(2,3)4;2*1-2/h5-6,9,14H,7-8,10-11H2,1-4H3;2*1-2H3. The Hall–Kier alpha value is -1.46. The summed E-state index contributed by atoms with van der Waals surface area (Å²) in [5.41, 5.74) is 0.472. The van der Waals surface area contributed by atoms with Crippen molar-refractivity contribution in [2.75, 3.05) is 26.3 Å². The van der Waals surface area contributed by atoms with Crippen molar-refractivity contribution >= 4 is 17.7 Å². The number of carbonyl (C=O) groups is 1. The summed E-state index contributed by atoms with van der Waals surface area (Å²) in [6, 6.07) is 5.48. The van der Waals surface area contributed by atoms with Crippen molar-refractivity contribution in [2.45, 2.75) is 67.1 Å². The first-order valence-electron chi connectivity index (χ1n) is 9.73. The van der Waals surface area contributed by atoms with E-state index in [1.54, 1.807) is 11.0 Å². The lowest BCUT2D eigenvalue weighted by Gasteiger charge is -2.34. The molecule has 1 aromatic carbocycles. The van der Waals surface area contributed by atoms with Gasteiger partial charge < -0.3 is 19.1 Å². The van der Waals surface area contributed by atoms with Crippen molar-refractivity contribution in [1.82, 2.24) is 4.90 Å². The van der Waals surface area contributed by atoms with Gasteiger partial charge in [0.15, 0.2) is 0 Å². The minimum absolute atomic E-state index is 0.175. The smallest absolute Gasteiger partial charge is 0.410 e. The Kier molecular flexibility index (Phi) is 12.1. The number of hydrogen-bond donors (Lipinski definition) is 0. The zero-order valence-electron chi connectivity index (χ0n) is 18.1. The van der Waals surface area contributed by atoms with Gasteiger partial charge in [-0.15, -0.1) is 0 Å². The van der Waals surface area contributed by atoms with E-state index in [0.717, 1.165) is 11.3 Å². The van der Waals surface area contributed by atoms with Crippen LogP contribution in [-0.2, 0) is 9.47 Å². The maximum atomic E-state index is 12.1. The maximum absolute atomic E-state index is 12.1. The van der Waals surface area contributed by atoms with Crippen LogP contribution in [0.3, 0.4) is 0 Å². The Bertz CT molecular complexity index is 558. The molecule has 6 heteroatoms. The highest BCUT2D eigenvalue weighted by Crippen LogP contribution is 2.22. The lowest BCUT2D eigenvalue weighted by molar-refractivity contribution is -0.0557. The van der Waals surface area contributed by atoms with Gasteiger partial charge in [-0.1, -0.05) is 39.3 Å². The van der Waals surface area contributed by atoms with Crippen LogP contribution in [0.15, 0.2) is 18.2 Å². The van der Waals surface area contributed by atoms with E-state index in [0.29, 0.717) is 31.3 Å². The molecule has 1 saturated heterocycles. The molecule has 1 amide bonds. The third-order valence-electron chi connectivity index (χ3n) is 3.35. The topological polar surface area (TPSA) is 48.0 Å². The van der Waals surface area contributed by atoms with Crippen LogP contribution in [0.4, 0.5) is 4.79 Å². The molecule has 5 nitrogen and oxygen atoms in total.